The number of hydrogen-bond acceptors (Lipinski definition) is 3. The average Bonchev–Trinajstić information content (AvgIpc) is 3.44. The Morgan fingerprint density at radius 3 is 1.76 bits per heavy atom. The summed E-state index contributed by atoms with van der Waals surface area (Å²) in [6.45, 7) is 0.207. The van der Waals surface area contributed by atoms with Crippen LogP contribution in [0, 0.1) is 17.7 Å². The van der Waals surface area contributed by atoms with Crippen LogP contribution in [0.25, 0.3) is 0 Å². The number of nitrogens with zero attached hydrogens (tertiary/aromatic N) is 4. The van der Waals surface area contributed by atoms with Gasteiger partial charge in [-0.25, -0.2) is 9.18 Å². The highest BCUT2D eigenvalue weighted by molar-refractivity contribution is 5.92. The van der Waals surface area contributed by atoms with Crippen molar-refractivity contribution in [1.29, 1.82) is 0 Å². The first-order chi connectivity index (χ1) is 20.9. The first kappa shape index (κ1) is 34.0. The summed E-state index contributed by atoms with van der Waals surface area (Å²) in [6.07, 6.45) is -8.09. The van der Waals surface area contributed by atoms with Gasteiger partial charge < -0.3 is 14.7 Å². The van der Waals surface area contributed by atoms with E-state index in [0.717, 1.165) is 7.05 Å². The number of carbonyl (C=O) groups is 3. The number of halogens is 7. The van der Waals surface area contributed by atoms with E-state index in [-0.39, 0.29) is 42.8 Å². The highest BCUT2D eigenvalue weighted by Gasteiger charge is 2.44. The largest absolute Gasteiger partial charge is 0.416 e. The van der Waals surface area contributed by atoms with Crippen LogP contribution in [0.15, 0.2) is 42.5 Å². The molecule has 1 aliphatic heterocycles. The molecule has 2 atom stereocenters. The van der Waals surface area contributed by atoms with Crippen molar-refractivity contribution in [3.8, 4) is 0 Å². The lowest BCUT2D eigenvalue weighted by Gasteiger charge is -2.33. The molecule has 0 N–H and O–H groups in total. The minimum atomic E-state index is -5.09. The van der Waals surface area contributed by atoms with Crippen LogP contribution in [0.2, 0.25) is 0 Å². The SMILES string of the molecule is CN(C)C(=O)C1CCC(C(=O)N2C[C@@H](N(C)C(=O)N(C)c3cc(C(F)(F)F)cc(C(F)(F)F)c3)[C@H](c3ccc(F)cc3)C2)CC1. The van der Waals surface area contributed by atoms with Gasteiger partial charge in [0.05, 0.1) is 17.2 Å². The normalized spacial score (nSPS) is 22.2. The van der Waals surface area contributed by atoms with Crippen molar-refractivity contribution in [2.45, 2.75) is 50.0 Å². The highest BCUT2D eigenvalue weighted by Crippen LogP contribution is 2.40. The van der Waals surface area contributed by atoms with E-state index < -0.39 is 53.0 Å². The summed E-state index contributed by atoms with van der Waals surface area (Å²) in [5.41, 5.74) is -3.11. The molecule has 45 heavy (non-hydrogen) atoms. The fourth-order valence-corrected chi connectivity index (χ4v) is 6.23. The number of alkyl halides is 6. The van der Waals surface area contributed by atoms with Gasteiger partial charge in [-0.3, -0.25) is 14.5 Å². The molecule has 4 amide bonds. The zero-order chi connectivity index (χ0) is 33.4. The Balaban J connectivity index is 1.58. The number of amides is 4. The molecule has 246 valence electrons. The first-order valence-corrected chi connectivity index (χ1v) is 14.4. The van der Waals surface area contributed by atoms with Gasteiger partial charge in [0.15, 0.2) is 0 Å². The molecule has 0 radical (unpaired) electrons. The van der Waals surface area contributed by atoms with Crippen LogP contribution < -0.4 is 4.90 Å². The average molecular weight is 645 g/mol. The minimum Gasteiger partial charge on any atom is -0.349 e. The summed E-state index contributed by atoms with van der Waals surface area (Å²) in [5, 5.41) is 0. The number of benzene rings is 2. The lowest BCUT2D eigenvalue weighted by molar-refractivity contribution is -0.143. The zero-order valence-electron chi connectivity index (χ0n) is 25.3. The van der Waals surface area contributed by atoms with Crippen LogP contribution in [0.4, 0.5) is 41.2 Å². The third-order valence-electron chi connectivity index (χ3n) is 8.81. The maximum Gasteiger partial charge on any atom is 0.416 e. The van der Waals surface area contributed by atoms with E-state index in [2.05, 4.69) is 0 Å². The smallest absolute Gasteiger partial charge is 0.349 e. The van der Waals surface area contributed by atoms with E-state index in [1.165, 1.54) is 41.1 Å². The van der Waals surface area contributed by atoms with Gasteiger partial charge >= 0.3 is 18.4 Å². The molecule has 0 unspecified atom stereocenters. The predicted octanol–water partition coefficient (Wildman–Crippen LogP) is 6.24. The molecular weight excluding hydrogens is 609 g/mol. The van der Waals surface area contributed by atoms with Crippen molar-refractivity contribution in [3.63, 3.8) is 0 Å². The van der Waals surface area contributed by atoms with E-state index >= 15 is 0 Å². The molecular formula is C31H35F7N4O3. The fraction of sp³-hybridized carbons (Fsp3) is 0.516. The Kier molecular flexibility index (Phi) is 9.74. The second-order valence-corrected chi connectivity index (χ2v) is 12.0. The summed E-state index contributed by atoms with van der Waals surface area (Å²) in [5.74, 6) is -1.70. The number of anilines is 1. The Bertz CT molecular complexity index is 1370. The molecule has 1 saturated carbocycles. The lowest BCUT2D eigenvalue weighted by atomic mass is 9.80. The first-order valence-electron chi connectivity index (χ1n) is 14.4. The van der Waals surface area contributed by atoms with E-state index in [1.54, 1.807) is 19.0 Å². The van der Waals surface area contributed by atoms with Crippen LogP contribution in [0.1, 0.15) is 48.3 Å². The molecule has 2 aromatic rings. The highest BCUT2D eigenvalue weighted by atomic mass is 19.4. The standard InChI is InChI=1S/C31H35F7N4O3/c1-39(2)27(43)19-5-7-20(8-6-19)28(44)42-16-25(18-9-11-23(32)12-10-18)26(17-42)41(4)29(45)40(3)24-14-21(30(33,34)35)13-22(15-24)31(36,37)38/h9-15,19-20,25-26H,5-8,16-17H2,1-4H3/t19?,20?,25-,26+/m0/s1. The molecule has 0 bridgehead atoms. The van der Waals surface area contributed by atoms with Gasteiger partial charge in [-0.15, -0.1) is 0 Å². The summed E-state index contributed by atoms with van der Waals surface area (Å²) >= 11 is 0. The molecule has 4 rings (SSSR count). The number of rotatable bonds is 5. The van der Waals surface area contributed by atoms with E-state index in [4.69, 9.17) is 0 Å². The summed E-state index contributed by atoms with van der Waals surface area (Å²) in [7, 11) is 5.80. The maximum absolute atomic E-state index is 13.7. The van der Waals surface area contributed by atoms with Gasteiger partial charge in [0.1, 0.15) is 5.82 Å². The number of carbonyl (C=O) groups excluding carboxylic acids is 3. The molecule has 1 heterocycles. The van der Waals surface area contributed by atoms with Crippen LogP contribution in [0.5, 0.6) is 0 Å². The molecule has 0 spiro atoms. The molecule has 2 fully saturated rings. The van der Waals surface area contributed by atoms with Crippen molar-refractivity contribution < 1.29 is 45.1 Å². The van der Waals surface area contributed by atoms with E-state index in [1.807, 2.05) is 0 Å². The molecule has 1 saturated heterocycles. The number of hydrogen-bond donors (Lipinski definition) is 0. The third-order valence-corrected chi connectivity index (χ3v) is 8.81. The number of urea groups is 1. The second kappa shape index (κ2) is 12.9. The van der Waals surface area contributed by atoms with Gasteiger partial charge in [-0.05, 0) is 61.6 Å². The van der Waals surface area contributed by atoms with Gasteiger partial charge in [0.2, 0.25) is 11.8 Å². The van der Waals surface area contributed by atoms with Gasteiger partial charge in [-0.1, -0.05) is 12.1 Å². The van der Waals surface area contributed by atoms with Crippen molar-refractivity contribution >= 4 is 23.5 Å². The number of likely N-dealkylation sites (tertiary alicyclic amines) is 1. The fourth-order valence-electron chi connectivity index (χ4n) is 6.23. The quantitative estimate of drug-likeness (QED) is 0.362. The molecule has 14 heteroatoms. The minimum absolute atomic E-state index is 0.00545. The third kappa shape index (κ3) is 7.52. The summed E-state index contributed by atoms with van der Waals surface area (Å²) in [4.78, 5) is 44.6. The van der Waals surface area contributed by atoms with E-state index in [9.17, 15) is 45.1 Å². The second-order valence-electron chi connectivity index (χ2n) is 12.0. The Labute approximate surface area is 256 Å². The Morgan fingerprint density at radius 2 is 1.27 bits per heavy atom. The summed E-state index contributed by atoms with van der Waals surface area (Å²) in [6, 6.07) is 4.81. The van der Waals surface area contributed by atoms with E-state index in [0.29, 0.717) is 48.3 Å². The maximum atomic E-state index is 13.7. The Hall–Kier alpha value is -3.84. The van der Waals surface area contributed by atoms with Gasteiger partial charge in [0.25, 0.3) is 0 Å². The zero-order valence-corrected chi connectivity index (χ0v) is 25.3. The monoisotopic (exact) mass is 644 g/mol. The topological polar surface area (TPSA) is 64.2 Å². The van der Waals surface area contributed by atoms with Crippen LogP contribution >= 0.6 is 0 Å². The van der Waals surface area contributed by atoms with Crippen molar-refractivity contribution in [1.82, 2.24) is 14.7 Å². The van der Waals surface area contributed by atoms with Crippen LogP contribution in [-0.2, 0) is 21.9 Å². The predicted molar refractivity (Wildman–Crippen MR) is 152 cm³/mol. The van der Waals surface area contributed by atoms with Crippen LogP contribution in [-0.4, -0.2) is 79.9 Å². The Morgan fingerprint density at radius 1 is 0.756 bits per heavy atom. The lowest BCUT2D eigenvalue weighted by Crippen LogP contribution is -2.48. The van der Waals surface area contributed by atoms with Crippen molar-refractivity contribution in [3.05, 3.63) is 65.0 Å². The molecule has 0 aromatic heterocycles. The van der Waals surface area contributed by atoms with Gasteiger partial charge in [0, 0.05) is 64.7 Å². The van der Waals surface area contributed by atoms with Gasteiger partial charge in [-0.2, -0.15) is 26.3 Å². The van der Waals surface area contributed by atoms with Crippen molar-refractivity contribution in [2.75, 3.05) is 46.2 Å². The van der Waals surface area contributed by atoms with Crippen LogP contribution in [0.3, 0.4) is 0 Å². The molecule has 7 nitrogen and oxygen atoms in total. The molecule has 2 aromatic carbocycles. The molecule has 2 aliphatic rings. The molecule has 1 aliphatic carbocycles. The summed E-state index contributed by atoms with van der Waals surface area (Å²) < 4.78 is 94.6. The van der Waals surface area contributed by atoms with Crippen molar-refractivity contribution in [2.24, 2.45) is 11.8 Å². The number of likely N-dealkylation sites (N-methyl/N-ethyl adjacent to an activating group) is 1.